The Morgan fingerprint density at radius 3 is 2.69 bits per heavy atom. The minimum Gasteiger partial charge on any atom is -0.349 e. The predicted octanol–water partition coefficient (Wildman–Crippen LogP) is 6.73. The van der Waals surface area contributed by atoms with Crippen LogP contribution in [0.25, 0.3) is 0 Å². The van der Waals surface area contributed by atoms with Gasteiger partial charge in [-0.25, -0.2) is 4.99 Å². The summed E-state index contributed by atoms with van der Waals surface area (Å²) in [4.78, 5) is 19.4. The average molecular weight is 429 g/mol. The van der Waals surface area contributed by atoms with Crippen molar-refractivity contribution in [3.05, 3.63) is 50.9 Å². The van der Waals surface area contributed by atoms with Gasteiger partial charge in [0.15, 0.2) is 0 Å². The third-order valence-electron chi connectivity index (χ3n) is 6.29. The zero-order valence-electron chi connectivity index (χ0n) is 17.0. The van der Waals surface area contributed by atoms with Crippen LogP contribution < -0.4 is 5.32 Å². The van der Waals surface area contributed by atoms with Crippen LogP contribution in [0.3, 0.4) is 0 Å². The van der Waals surface area contributed by atoms with Crippen molar-refractivity contribution in [3.8, 4) is 0 Å². The van der Waals surface area contributed by atoms with Gasteiger partial charge in [0.1, 0.15) is 5.00 Å². The fourth-order valence-corrected chi connectivity index (χ4v) is 5.93. The summed E-state index contributed by atoms with van der Waals surface area (Å²) in [7, 11) is 0. The molecule has 0 saturated heterocycles. The largest absolute Gasteiger partial charge is 0.349 e. The zero-order chi connectivity index (χ0) is 20.2. The maximum absolute atomic E-state index is 13.3. The van der Waals surface area contributed by atoms with E-state index in [2.05, 4.69) is 12.2 Å². The molecule has 1 fully saturated rings. The van der Waals surface area contributed by atoms with Crippen LogP contribution in [0.5, 0.6) is 0 Å². The lowest BCUT2D eigenvalue weighted by Gasteiger charge is -2.24. The van der Waals surface area contributed by atoms with Gasteiger partial charge >= 0.3 is 0 Å². The van der Waals surface area contributed by atoms with E-state index in [4.69, 9.17) is 16.6 Å². The molecule has 4 rings (SSSR count). The molecule has 29 heavy (non-hydrogen) atoms. The van der Waals surface area contributed by atoms with Gasteiger partial charge < -0.3 is 5.32 Å². The summed E-state index contributed by atoms with van der Waals surface area (Å²) in [5, 5.41) is 4.89. The number of amides is 1. The Hall–Kier alpha value is -1.65. The van der Waals surface area contributed by atoms with E-state index in [-0.39, 0.29) is 5.91 Å². The van der Waals surface area contributed by atoms with E-state index < -0.39 is 0 Å². The first-order valence-electron chi connectivity index (χ1n) is 10.9. The molecule has 1 saturated carbocycles. The molecule has 1 aromatic carbocycles. The lowest BCUT2D eigenvalue weighted by molar-refractivity contribution is 0.0927. The number of rotatable bonds is 5. The van der Waals surface area contributed by atoms with Gasteiger partial charge in [-0.2, -0.15) is 0 Å². The highest BCUT2D eigenvalue weighted by Crippen LogP contribution is 2.42. The van der Waals surface area contributed by atoms with Crippen molar-refractivity contribution in [3.63, 3.8) is 0 Å². The van der Waals surface area contributed by atoms with Crippen molar-refractivity contribution in [1.82, 2.24) is 5.32 Å². The Labute approximate surface area is 182 Å². The third-order valence-corrected chi connectivity index (χ3v) is 7.71. The lowest BCUT2D eigenvalue weighted by Crippen LogP contribution is -2.36. The van der Waals surface area contributed by atoms with E-state index in [1.165, 1.54) is 42.5 Å². The Morgan fingerprint density at radius 1 is 1.21 bits per heavy atom. The number of nitrogens with one attached hydrogen (secondary N) is 1. The fraction of sp³-hybridized carbons (Fsp3) is 0.500. The molecule has 3 nitrogen and oxygen atoms in total. The predicted molar refractivity (Wildman–Crippen MR) is 123 cm³/mol. The van der Waals surface area contributed by atoms with Crippen LogP contribution in [-0.4, -0.2) is 18.2 Å². The number of carbonyl (C=O) groups excluding carboxylic acids is 1. The number of fused-ring (bicyclic) bond motifs is 1. The summed E-state index contributed by atoms with van der Waals surface area (Å²) >= 11 is 7.70. The molecule has 1 aromatic heterocycles. The van der Waals surface area contributed by atoms with Gasteiger partial charge in [-0.15, -0.1) is 11.3 Å². The molecule has 2 aliphatic carbocycles. The maximum Gasteiger partial charge on any atom is 0.254 e. The smallest absolute Gasteiger partial charge is 0.254 e. The standard InChI is InChI=1S/C24H29ClN2OS/c1-2-16-10-13-20-21(14-16)29-24(26-15-17-8-11-18(25)12-9-17)22(20)23(28)27-19-6-4-3-5-7-19/h8-9,11-12,15-16,19H,2-7,10,13-14H2,1H3,(H,27,28)/t16-/m1/s1. The second-order valence-corrected chi connectivity index (χ2v) is 9.84. The molecule has 0 spiro atoms. The Kier molecular flexibility index (Phi) is 6.71. The minimum absolute atomic E-state index is 0.0765. The average Bonchev–Trinajstić information content (AvgIpc) is 3.11. The Balaban J connectivity index is 1.62. The van der Waals surface area contributed by atoms with Gasteiger partial charge in [0.2, 0.25) is 0 Å². The molecule has 1 N–H and O–H groups in total. The van der Waals surface area contributed by atoms with Crippen LogP contribution in [0, 0.1) is 5.92 Å². The molecule has 5 heteroatoms. The number of carbonyl (C=O) groups is 1. The molecule has 1 heterocycles. The van der Waals surface area contributed by atoms with Crippen molar-refractivity contribution >= 4 is 40.1 Å². The van der Waals surface area contributed by atoms with E-state index in [1.54, 1.807) is 11.3 Å². The van der Waals surface area contributed by atoms with E-state index in [0.29, 0.717) is 11.1 Å². The van der Waals surface area contributed by atoms with Gasteiger partial charge in [-0.05, 0) is 61.3 Å². The number of halogens is 1. The molecular weight excluding hydrogens is 400 g/mol. The monoisotopic (exact) mass is 428 g/mol. The topological polar surface area (TPSA) is 41.5 Å². The van der Waals surface area contributed by atoms with Crippen LogP contribution in [0.4, 0.5) is 5.00 Å². The number of nitrogens with zero attached hydrogens (tertiary/aromatic N) is 1. The maximum atomic E-state index is 13.3. The summed E-state index contributed by atoms with van der Waals surface area (Å²) < 4.78 is 0. The molecular formula is C24H29ClN2OS. The van der Waals surface area contributed by atoms with Crippen molar-refractivity contribution < 1.29 is 4.79 Å². The molecule has 2 aliphatic rings. The molecule has 0 unspecified atom stereocenters. The van der Waals surface area contributed by atoms with Gasteiger partial charge in [-0.1, -0.05) is 56.3 Å². The van der Waals surface area contributed by atoms with Crippen LogP contribution in [0.2, 0.25) is 5.02 Å². The SMILES string of the molecule is CC[C@@H]1CCc2c(sc(N=Cc3ccc(Cl)cc3)c2C(=O)NC2CCCCC2)C1. The highest BCUT2D eigenvalue weighted by Gasteiger charge is 2.29. The van der Waals surface area contributed by atoms with Crippen LogP contribution >= 0.6 is 22.9 Å². The second kappa shape index (κ2) is 9.44. The normalized spacial score (nSPS) is 20.0. The van der Waals surface area contributed by atoms with Crippen LogP contribution in [0.15, 0.2) is 29.3 Å². The summed E-state index contributed by atoms with van der Waals surface area (Å²) in [6, 6.07) is 7.95. The number of aliphatic imine (C=N–C) groups is 1. The van der Waals surface area contributed by atoms with Crippen molar-refractivity contribution in [2.24, 2.45) is 10.9 Å². The fourth-order valence-electron chi connectivity index (χ4n) is 4.50. The third kappa shape index (κ3) is 4.92. The summed E-state index contributed by atoms with van der Waals surface area (Å²) in [5.74, 6) is 0.802. The van der Waals surface area contributed by atoms with Gasteiger partial charge in [-0.3, -0.25) is 4.79 Å². The van der Waals surface area contributed by atoms with Gasteiger partial charge in [0.25, 0.3) is 5.91 Å². The quantitative estimate of drug-likeness (QED) is 0.527. The number of hydrogen-bond donors (Lipinski definition) is 1. The van der Waals surface area contributed by atoms with Gasteiger partial charge in [0, 0.05) is 22.2 Å². The van der Waals surface area contributed by atoms with E-state index in [1.807, 2.05) is 30.5 Å². The summed E-state index contributed by atoms with van der Waals surface area (Å²) in [6.45, 7) is 2.26. The highest BCUT2D eigenvalue weighted by atomic mass is 35.5. The van der Waals surface area contributed by atoms with Crippen LogP contribution in [0.1, 0.15) is 78.2 Å². The van der Waals surface area contributed by atoms with Gasteiger partial charge in [0.05, 0.1) is 5.56 Å². The molecule has 0 aliphatic heterocycles. The molecule has 154 valence electrons. The van der Waals surface area contributed by atoms with E-state index in [0.717, 1.165) is 47.7 Å². The Bertz CT molecular complexity index is 881. The molecule has 2 aromatic rings. The first-order chi connectivity index (χ1) is 14.1. The molecule has 1 atom stereocenters. The summed E-state index contributed by atoms with van der Waals surface area (Å²) in [5.41, 5.74) is 3.07. The second-order valence-electron chi connectivity index (χ2n) is 8.32. The lowest BCUT2D eigenvalue weighted by atomic mass is 9.85. The first-order valence-corrected chi connectivity index (χ1v) is 12.1. The van der Waals surface area contributed by atoms with E-state index >= 15 is 0 Å². The Morgan fingerprint density at radius 2 is 1.97 bits per heavy atom. The van der Waals surface area contributed by atoms with Crippen molar-refractivity contribution in [1.29, 1.82) is 0 Å². The zero-order valence-corrected chi connectivity index (χ0v) is 18.6. The molecule has 0 radical (unpaired) electrons. The molecule has 1 amide bonds. The molecule has 0 bridgehead atoms. The van der Waals surface area contributed by atoms with Crippen molar-refractivity contribution in [2.45, 2.75) is 70.8 Å². The number of thiophene rings is 1. The van der Waals surface area contributed by atoms with Crippen molar-refractivity contribution in [2.75, 3.05) is 0 Å². The minimum atomic E-state index is 0.0765. The summed E-state index contributed by atoms with van der Waals surface area (Å²) in [6.07, 6.45) is 12.2. The number of benzene rings is 1. The highest BCUT2D eigenvalue weighted by molar-refractivity contribution is 7.16. The van der Waals surface area contributed by atoms with Crippen LogP contribution in [-0.2, 0) is 12.8 Å². The first kappa shape index (κ1) is 20.6. The van der Waals surface area contributed by atoms with E-state index in [9.17, 15) is 4.79 Å². The number of hydrogen-bond acceptors (Lipinski definition) is 3.